The van der Waals surface area contributed by atoms with E-state index in [1.165, 1.54) is 11.1 Å². The third-order valence-electron chi connectivity index (χ3n) is 5.34. The number of aryl methyl sites for hydroxylation is 1. The number of hydrogen-bond donors (Lipinski definition) is 3. The molecule has 156 valence electrons. The minimum atomic E-state index is 0.0948. The first kappa shape index (κ1) is 21.0. The van der Waals surface area contributed by atoms with E-state index in [1.807, 2.05) is 6.07 Å². The Kier molecular flexibility index (Phi) is 7.36. The van der Waals surface area contributed by atoms with Crippen LogP contribution in [0, 0.1) is 12.8 Å². The minimum Gasteiger partial charge on any atom is -0.508 e. The van der Waals surface area contributed by atoms with Gasteiger partial charge in [-0.05, 0) is 43.5 Å². The summed E-state index contributed by atoms with van der Waals surface area (Å²) in [7, 11) is 3.36. The maximum atomic E-state index is 10.1. The van der Waals surface area contributed by atoms with E-state index in [2.05, 4.69) is 46.8 Å². The lowest BCUT2D eigenvalue weighted by molar-refractivity contribution is -0.0265. The number of guanidine groups is 1. The van der Waals surface area contributed by atoms with Gasteiger partial charge >= 0.3 is 0 Å². The molecule has 2 atom stereocenters. The number of aromatic hydroxyl groups is 1. The number of phenols is 1. The molecule has 3 N–H and O–H groups in total. The predicted molar refractivity (Wildman–Crippen MR) is 115 cm³/mol. The maximum absolute atomic E-state index is 10.1. The van der Waals surface area contributed by atoms with E-state index in [1.54, 1.807) is 26.3 Å². The van der Waals surface area contributed by atoms with Gasteiger partial charge in [-0.1, -0.05) is 29.8 Å². The van der Waals surface area contributed by atoms with E-state index in [-0.39, 0.29) is 11.9 Å². The van der Waals surface area contributed by atoms with Crippen LogP contribution in [0.5, 0.6) is 11.5 Å². The van der Waals surface area contributed by atoms with Crippen molar-refractivity contribution in [2.75, 3.05) is 27.3 Å². The quantitative estimate of drug-likeness (QED) is 0.513. The van der Waals surface area contributed by atoms with Crippen molar-refractivity contribution in [3.63, 3.8) is 0 Å². The molecule has 2 unspecified atom stereocenters. The van der Waals surface area contributed by atoms with Gasteiger partial charge < -0.3 is 25.2 Å². The van der Waals surface area contributed by atoms with Crippen molar-refractivity contribution in [3.05, 3.63) is 59.2 Å². The summed E-state index contributed by atoms with van der Waals surface area (Å²) in [5, 5.41) is 16.7. The van der Waals surface area contributed by atoms with Crippen LogP contribution >= 0.6 is 0 Å². The third-order valence-corrected chi connectivity index (χ3v) is 5.34. The molecule has 1 saturated heterocycles. The SMILES string of the molecule is CN=C(NCc1cc(OC)ccc1O)NCC1CCCOC1c1ccc(C)cc1. The van der Waals surface area contributed by atoms with Crippen LogP contribution in [0.1, 0.15) is 35.6 Å². The van der Waals surface area contributed by atoms with Gasteiger partial charge in [-0.25, -0.2) is 0 Å². The number of nitrogens with zero attached hydrogens (tertiary/aromatic N) is 1. The van der Waals surface area contributed by atoms with Gasteiger partial charge in [0, 0.05) is 38.2 Å². The molecule has 6 heteroatoms. The zero-order valence-corrected chi connectivity index (χ0v) is 17.4. The molecule has 0 aliphatic carbocycles. The molecule has 2 aromatic carbocycles. The first-order chi connectivity index (χ1) is 14.1. The van der Waals surface area contributed by atoms with Crippen LogP contribution in [0.25, 0.3) is 0 Å². The molecule has 1 aliphatic rings. The molecular formula is C23H31N3O3. The lowest BCUT2D eigenvalue weighted by Crippen LogP contribution is -2.41. The van der Waals surface area contributed by atoms with Crippen LogP contribution in [0.15, 0.2) is 47.5 Å². The molecule has 1 heterocycles. The van der Waals surface area contributed by atoms with Crippen molar-refractivity contribution in [1.82, 2.24) is 10.6 Å². The van der Waals surface area contributed by atoms with Gasteiger partial charge in [0.05, 0.1) is 13.2 Å². The molecule has 6 nitrogen and oxygen atoms in total. The highest BCUT2D eigenvalue weighted by Crippen LogP contribution is 2.33. The van der Waals surface area contributed by atoms with Crippen molar-refractivity contribution < 1.29 is 14.6 Å². The van der Waals surface area contributed by atoms with Crippen molar-refractivity contribution in [3.8, 4) is 11.5 Å². The van der Waals surface area contributed by atoms with E-state index >= 15 is 0 Å². The molecule has 29 heavy (non-hydrogen) atoms. The Bertz CT molecular complexity index is 821. The number of ether oxygens (including phenoxy) is 2. The second kappa shape index (κ2) is 10.2. The highest BCUT2D eigenvalue weighted by atomic mass is 16.5. The van der Waals surface area contributed by atoms with Crippen LogP contribution in [-0.4, -0.2) is 38.4 Å². The van der Waals surface area contributed by atoms with Crippen LogP contribution in [0.4, 0.5) is 0 Å². The molecule has 0 saturated carbocycles. The molecule has 3 rings (SSSR count). The molecule has 1 fully saturated rings. The molecule has 1 aliphatic heterocycles. The number of rotatable bonds is 6. The van der Waals surface area contributed by atoms with Crippen LogP contribution in [-0.2, 0) is 11.3 Å². The highest BCUT2D eigenvalue weighted by Gasteiger charge is 2.27. The Morgan fingerprint density at radius 2 is 2.00 bits per heavy atom. The first-order valence-corrected chi connectivity index (χ1v) is 10.1. The number of phenolic OH excluding ortho intramolecular Hbond substituents is 1. The summed E-state index contributed by atoms with van der Waals surface area (Å²) in [5.74, 6) is 2.01. The zero-order chi connectivity index (χ0) is 20.6. The highest BCUT2D eigenvalue weighted by molar-refractivity contribution is 5.79. The average molecular weight is 398 g/mol. The summed E-state index contributed by atoms with van der Waals surface area (Å²) >= 11 is 0. The van der Waals surface area contributed by atoms with E-state index < -0.39 is 0 Å². The first-order valence-electron chi connectivity index (χ1n) is 10.1. The fourth-order valence-corrected chi connectivity index (χ4v) is 3.63. The molecule has 2 aromatic rings. The molecule has 0 bridgehead atoms. The number of nitrogens with one attached hydrogen (secondary N) is 2. The number of methoxy groups -OCH3 is 1. The summed E-state index contributed by atoms with van der Waals surface area (Å²) < 4.78 is 11.3. The van der Waals surface area contributed by atoms with Crippen LogP contribution in [0.3, 0.4) is 0 Å². The van der Waals surface area contributed by atoms with Gasteiger partial charge in [-0.15, -0.1) is 0 Å². The van der Waals surface area contributed by atoms with E-state index in [0.29, 0.717) is 24.2 Å². The molecule has 0 radical (unpaired) electrons. The second-order valence-corrected chi connectivity index (χ2v) is 7.41. The number of benzene rings is 2. The maximum Gasteiger partial charge on any atom is 0.191 e. The predicted octanol–water partition coefficient (Wildman–Crippen LogP) is 3.54. The van der Waals surface area contributed by atoms with Gasteiger partial charge in [0.1, 0.15) is 11.5 Å². The number of hydrogen-bond acceptors (Lipinski definition) is 4. The normalized spacial score (nSPS) is 19.6. The largest absolute Gasteiger partial charge is 0.508 e. The lowest BCUT2D eigenvalue weighted by Gasteiger charge is -2.32. The summed E-state index contributed by atoms with van der Waals surface area (Å²) in [6.07, 6.45) is 2.27. The van der Waals surface area contributed by atoms with Gasteiger partial charge in [-0.2, -0.15) is 0 Å². The molecule has 0 spiro atoms. The average Bonchev–Trinajstić information content (AvgIpc) is 2.76. The second-order valence-electron chi connectivity index (χ2n) is 7.41. The Hall–Kier alpha value is -2.73. The van der Waals surface area contributed by atoms with Gasteiger partial charge in [-0.3, -0.25) is 4.99 Å². The molecular weight excluding hydrogens is 366 g/mol. The fourth-order valence-electron chi connectivity index (χ4n) is 3.63. The lowest BCUT2D eigenvalue weighted by atomic mass is 9.89. The molecule has 0 aromatic heterocycles. The summed E-state index contributed by atoms with van der Waals surface area (Å²) in [6, 6.07) is 13.8. The smallest absolute Gasteiger partial charge is 0.191 e. The van der Waals surface area contributed by atoms with E-state index in [0.717, 1.165) is 31.6 Å². The van der Waals surface area contributed by atoms with Gasteiger partial charge in [0.15, 0.2) is 5.96 Å². The topological polar surface area (TPSA) is 75.1 Å². The van der Waals surface area contributed by atoms with Crippen LogP contribution < -0.4 is 15.4 Å². The van der Waals surface area contributed by atoms with E-state index in [4.69, 9.17) is 9.47 Å². The zero-order valence-electron chi connectivity index (χ0n) is 17.4. The Labute approximate surface area is 173 Å². The van der Waals surface area contributed by atoms with Gasteiger partial charge in [0.2, 0.25) is 0 Å². The Morgan fingerprint density at radius 1 is 1.21 bits per heavy atom. The van der Waals surface area contributed by atoms with Crippen molar-refractivity contribution in [2.45, 2.75) is 32.4 Å². The Morgan fingerprint density at radius 3 is 2.72 bits per heavy atom. The third kappa shape index (κ3) is 5.64. The summed E-state index contributed by atoms with van der Waals surface area (Å²) in [6.45, 7) is 4.12. The van der Waals surface area contributed by atoms with Crippen molar-refractivity contribution in [2.24, 2.45) is 10.9 Å². The van der Waals surface area contributed by atoms with Crippen molar-refractivity contribution in [1.29, 1.82) is 0 Å². The van der Waals surface area contributed by atoms with E-state index in [9.17, 15) is 5.11 Å². The van der Waals surface area contributed by atoms with Crippen LogP contribution in [0.2, 0.25) is 0 Å². The van der Waals surface area contributed by atoms with Gasteiger partial charge in [0.25, 0.3) is 0 Å². The Balaban J connectivity index is 1.58. The summed E-state index contributed by atoms with van der Waals surface area (Å²) in [4.78, 5) is 4.31. The summed E-state index contributed by atoms with van der Waals surface area (Å²) in [5.41, 5.74) is 3.24. The molecule has 0 amide bonds. The number of aliphatic imine (C=N–C) groups is 1. The standard InChI is InChI=1S/C23H31N3O3/c1-16-6-8-17(9-7-16)22-18(5-4-12-29-22)14-25-23(24-2)26-15-19-13-20(28-3)10-11-21(19)27/h6-11,13,18,22,27H,4-5,12,14-15H2,1-3H3,(H2,24,25,26). The van der Waals surface area contributed by atoms with Crippen molar-refractivity contribution >= 4 is 5.96 Å². The fraction of sp³-hybridized carbons (Fsp3) is 0.435. The minimum absolute atomic E-state index is 0.0948. The monoisotopic (exact) mass is 397 g/mol.